The normalized spacial score (nSPS) is 23.1. The van der Waals surface area contributed by atoms with Crippen LogP contribution in [0.15, 0.2) is 6.20 Å². The SMILES string of the molecule is CN1CCN(C)C(CNCc2cn(C)nn2)C1. The second-order valence-electron chi connectivity index (χ2n) is 4.91. The van der Waals surface area contributed by atoms with Gasteiger partial charge in [-0.3, -0.25) is 9.58 Å². The summed E-state index contributed by atoms with van der Waals surface area (Å²) in [6.07, 6.45) is 1.95. The highest BCUT2D eigenvalue weighted by atomic mass is 15.4. The molecule has 0 aliphatic carbocycles. The maximum Gasteiger partial charge on any atom is 0.0964 e. The minimum atomic E-state index is 0.588. The van der Waals surface area contributed by atoms with Crippen LogP contribution < -0.4 is 5.32 Å². The smallest absolute Gasteiger partial charge is 0.0964 e. The summed E-state index contributed by atoms with van der Waals surface area (Å²) in [7, 11) is 6.27. The van der Waals surface area contributed by atoms with Gasteiger partial charge < -0.3 is 10.2 Å². The molecule has 0 radical (unpaired) electrons. The first-order valence-corrected chi connectivity index (χ1v) is 6.10. The largest absolute Gasteiger partial charge is 0.309 e. The number of nitrogens with one attached hydrogen (secondary N) is 1. The summed E-state index contributed by atoms with van der Waals surface area (Å²) in [6.45, 7) is 5.23. The predicted molar refractivity (Wildman–Crippen MR) is 66.6 cm³/mol. The van der Waals surface area contributed by atoms with Crippen LogP contribution in [0.25, 0.3) is 0 Å². The molecule has 6 heteroatoms. The Morgan fingerprint density at radius 1 is 1.35 bits per heavy atom. The third-order valence-corrected chi connectivity index (χ3v) is 3.32. The summed E-state index contributed by atoms with van der Waals surface area (Å²) in [5, 5.41) is 11.4. The number of piperazine rings is 1. The van der Waals surface area contributed by atoms with E-state index in [4.69, 9.17) is 0 Å². The Morgan fingerprint density at radius 3 is 2.88 bits per heavy atom. The maximum absolute atomic E-state index is 4.06. The Balaban J connectivity index is 1.74. The van der Waals surface area contributed by atoms with Gasteiger partial charge in [-0.25, -0.2) is 0 Å². The van der Waals surface area contributed by atoms with Gasteiger partial charge >= 0.3 is 0 Å². The third kappa shape index (κ3) is 3.49. The van der Waals surface area contributed by atoms with Gasteiger partial charge in [0.2, 0.25) is 0 Å². The molecule has 1 aromatic heterocycles. The molecule has 1 aliphatic heterocycles. The Bertz CT molecular complexity index is 349. The summed E-state index contributed by atoms with van der Waals surface area (Å²) < 4.78 is 1.73. The molecule has 2 rings (SSSR count). The molecule has 1 atom stereocenters. The van der Waals surface area contributed by atoms with Crippen LogP contribution in [0.4, 0.5) is 0 Å². The molecule has 96 valence electrons. The maximum atomic E-state index is 4.06. The molecule has 1 unspecified atom stereocenters. The van der Waals surface area contributed by atoms with Crippen molar-refractivity contribution in [3.8, 4) is 0 Å². The van der Waals surface area contributed by atoms with E-state index in [1.807, 2.05) is 13.2 Å². The minimum Gasteiger partial charge on any atom is -0.309 e. The first-order valence-electron chi connectivity index (χ1n) is 6.10. The van der Waals surface area contributed by atoms with E-state index in [1.54, 1.807) is 4.68 Å². The Labute approximate surface area is 103 Å². The van der Waals surface area contributed by atoms with Crippen molar-refractivity contribution >= 4 is 0 Å². The summed E-state index contributed by atoms with van der Waals surface area (Å²) >= 11 is 0. The Kier molecular flexibility index (Phi) is 4.09. The van der Waals surface area contributed by atoms with Crippen molar-refractivity contribution in [2.24, 2.45) is 7.05 Å². The van der Waals surface area contributed by atoms with Crippen molar-refractivity contribution < 1.29 is 0 Å². The summed E-state index contributed by atoms with van der Waals surface area (Å²) in [6, 6.07) is 0.588. The van der Waals surface area contributed by atoms with Gasteiger partial charge in [0, 0.05) is 52.0 Å². The fourth-order valence-corrected chi connectivity index (χ4v) is 2.16. The van der Waals surface area contributed by atoms with E-state index in [-0.39, 0.29) is 0 Å². The minimum absolute atomic E-state index is 0.588. The Morgan fingerprint density at radius 2 is 2.18 bits per heavy atom. The second kappa shape index (κ2) is 5.57. The van der Waals surface area contributed by atoms with Gasteiger partial charge in [0.05, 0.1) is 5.69 Å². The molecule has 0 aromatic carbocycles. The number of likely N-dealkylation sites (N-methyl/N-ethyl adjacent to an activating group) is 2. The number of hydrogen-bond acceptors (Lipinski definition) is 5. The van der Waals surface area contributed by atoms with Gasteiger partial charge in [-0.1, -0.05) is 5.21 Å². The molecule has 1 saturated heterocycles. The van der Waals surface area contributed by atoms with Crippen molar-refractivity contribution in [1.29, 1.82) is 0 Å². The van der Waals surface area contributed by atoms with E-state index in [1.165, 1.54) is 0 Å². The summed E-state index contributed by atoms with van der Waals surface area (Å²) in [4.78, 5) is 4.80. The van der Waals surface area contributed by atoms with Crippen molar-refractivity contribution in [2.75, 3.05) is 40.3 Å². The molecule has 1 aromatic rings. The van der Waals surface area contributed by atoms with Crippen molar-refractivity contribution in [2.45, 2.75) is 12.6 Å². The molecule has 1 fully saturated rings. The van der Waals surface area contributed by atoms with Crippen LogP contribution in [-0.2, 0) is 13.6 Å². The Hall–Kier alpha value is -0.980. The zero-order valence-corrected chi connectivity index (χ0v) is 10.9. The van der Waals surface area contributed by atoms with Crippen LogP contribution in [0.2, 0.25) is 0 Å². The van der Waals surface area contributed by atoms with E-state index >= 15 is 0 Å². The first kappa shape index (κ1) is 12.5. The number of nitrogens with zero attached hydrogens (tertiary/aromatic N) is 5. The lowest BCUT2D eigenvalue weighted by Gasteiger charge is -2.37. The molecular formula is C11H22N6. The molecule has 0 spiro atoms. The zero-order valence-electron chi connectivity index (χ0n) is 10.9. The van der Waals surface area contributed by atoms with Crippen LogP contribution in [0.3, 0.4) is 0 Å². The number of rotatable bonds is 4. The molecule has 17 heavy (non-hydrogen) atoms. The standard InChI is InChI=1S/C11H22N6/c1-15-4-5-16(2)11(9-15)7-12-6-10-8-17(3)14-13-10/h8,11-12H,4-7,9H2,1-3H3. The zero-order chi connectivity index (χ0) is 12.3. The van der Waals surface area contributed by atoms with Gasteiger partial charge in [-0.15, -0.1) is 5.10 Å². The van der Waals surface area contributed by atoms with Gasteiger partial charge in [-0.2, -0.15) is 0 Å². The van der Waals surface area contributed by atoms with Crippen molar-refractivity contribution in [1.82, 2.24) is 30.1 Å². The van der Waals surface area contributed by atoms with Crippen molar-refractivity contribution in [3.05, 3.63) is 11.9 Å². The van der Waals surface area contributed by atoms with Gasteiger partial charge in [0.15, 0.2) is 0 Å². The molecule has 1 aliphatic rings. The molecule has 0 amide bonds. The highest BCUT2D eigenvalue weighted by Crippen LogP contribution is 2.04. The number of aryl methyl sites for hydroxylation is 1. The van der Waals surface area contributed by atoms with E-state index in [2.05, 4.69) is 39.5 Å². The number of aromatic nitrogens is 3. The van der Waals surface area contributed by atoms with Crippen LogP contribution in [-0.4, -0.2) is 71.1 Å². The lowest BCUT2D eigenvalue weighted by molar-refractivity contribution is 0.113. The van der Waals surface area contributed by atoms with Crippen LogP contribution in [0, 0.1) is 0 Å². The summed E-state index contributed by atoms with van der Waals surface area (Å²) in [5.41, 5.74) is 0.999. The predicted octanol–water partition coefficient (Wildman–Crippen LogP) is -0.849. The van der Waals surface area contributed by atoms with E-state index in [0.717, 1.165) is 38.4 Å². The topological polar surface area (TPSA) is 49.2 Å². The first-order chi connectivity index (χ1) is 8.15. The molecular weight excluding hydrogens is 216 g/mol. The van der Waals surface area contributed by atoms with Crippen molar-refractivity contribution in [3.63, 3.8) is 0 Å². The quantitative estimate of drug-likeness (QED) is 0.740. The van der Waals surface area contributed by atoms with Crippen LogP contribution in [0.1, 0.15) is 5.69 Å². The fourth-order valence-electron chi connectivity index (χ4n) is 2.16. The number of hydrogen-bond donors (Lipinski definition) is 1. The van der Waals surface area contributed by atoms with Gasteiger partial charge in [0.1, 0.15) is 0 Å². The van der Waals surface area contributed by atoms with Gasteiger partial charge in [0.25, 0.3) is 0 Å². The second-order valence-corrected chi connectivity index (χ2v) is 4.91. The molecule has 0 saturated carbocycles. The molecule has 1 N–H and O–H groups in total. The summed E-state index contributed by atoms with van der Waals surface area (Å²) in [5.74, 6) is 0. The monoisotopic (exact) mass is 238 g/mol. The third-order valence-electron chi connectivity index (χ3n) is 3.32. The van der Waals surface area contributed by atoms with Crippen LogP contribution in [0.5, 0.6) is 0 Å². The van der Waals surface area contributed by atoms with E-state index in [0.29, 0.717) is 6.04 Å². The lowest BCUT2D eigenvalue weighted by atomic mass is 10.2. The van der Waals surface area contributed by atoms with Crippen LogP contribution >= 0.6 is 0 Å². The van der Waals surface area contributed by atoms with E-state index in [9.17, 15) is 0 Å². The molecule has 2 heterocycles. The average molecular weight is 238 g/mol. The molecule has 6 nitrogen and oxygen atoms in total. The highest BCUT2D eigenvalue weighted by molar-refractivity contribution is 4.91. The average Bonchev–Trinajstić information content (AvgIpc) is 2.69. The van der Waals surface area contributed by atoms with E-state index < -0.39 is 0 Å². The lowest BCUT2D eigenvalue weighted by Crippen LogP contribution is -2.53. The molecule has 0 bridgehead atoms. The van der Waals surface area contributed by atoms with Gasteiger partial charge in [-0.05, 0) is 14.1 Å². The highest BCUT2D eigenvalue weighted by Gasteiger charge is 2.21. The fraction of sp³-hybridized carbons (Fsp3) is 0.818.